The Morgan fingerprint density at radius 3 is 2.33 bits per heavy atom. The maximum atomic E-state index is 11.9. The summed E-state index contributed by atoms with van der Waals surface area (Å²) in [6.45, 7) is -2.88. The molecule has 18 heavy (non-hydrogen) atoms. The number of furan rings is 1. The van der Waals surface area contributed by atoms with Crippen LogP contribution in [-0.2, 0) is 0 Å². The lowest BCUT2D eigenvalue weighted by Gasteiger charge is -2.04. The van der Waals surface area contributed by atoms with Gasteiger partial charge in [-0.05, 0) is 52.3 Å². The maximum absolute atomic E-state index is 11.9. The average Bonchev–Trinajstić information content (AvgIpc) is 2.75. The Labute approximate surface area is 109 Å². The zero-order valence-corrected chi connectivity index (χ0v) is 10.5. The first-order chi connectivity index (χ1) is 8.56. The highest BCUT2D eigenvalue weighted by Crippen LogP contribution is 2.20. The summed E-state index contributed by atoms with van der Waals surface area (Å²) >= 11 is 3.09. The van der Waals surface area contributed by atoms with Crippen LogP contribution in [0.5, 0.6) is 5.75 Å². The van der Waals surface area contributed by atoms with Crippen molar-refractivity contribution in [2.75, 3.05) is 0 Å². The minimum absolute atomic E-state index is 0.00201. The maximum Gasteiger partial charge on any atom is 0.387 e. The molecule has 2 aromatic rings. The molecule has 0 aliphatic rings. The molecule has 0 aliphatic carbocycles. The number of halogens is 3. The van der Waals surface area contributed by atoms with Crippen LogP contribution in [0.2, 0.25) is 0 Å². The predicted octanol–water partition coefficient (Wildman–Crippen LogP) is 3.87. The van der Waals surface area contributed by atoms with E-state index in [1.165, 1.54) is 30.3 Å². The zero-order chi connectivity index (χ0) is 13.1. The summed E-state index contributed by atoms with van der Waals surface area (Å²) in [5, 5.41) is 0. The van der Waals surface area contributed by atoms with Gasteiger partial charge in [-0.1, -0.05) is 0 Å². The molecular weight excluding hydrogens is 310 g/mol. The number of alkyl halides is 2. The lowest BCUT2D eigenvalue weighted by Crippen LogP contribution is -2.03. The van der Waals surface area contributed by atoms with Crippen molar-refractivity contribution >= 4 is 21.7 Å². The largest absolute Gasteiger partial charge is 0.446 e. The number of ether oxygens (including phenoxy) is 1. The molecule has 0 fully saturated rings. The Morgan fingerprint density at radius 2 is 1.83 bits per heavy atom. The highest BCUT2D eigenvalue weighted by molar-refractivity contribution is 9.10. The number of hydrogen-bond acceptors (Lipinski definition) is 3. The van der Waals surface area contributed by atoms with Crippen molar-refractivity contribution in [1.29, 1.82) is 0 Å². The molecule has 0 bridgehead atoms. The van der Waals surface area contributed by atoms with Gasteiger partial charge in [0.25, 0.3) is 0 Å². The van der Waals surface area contributed by atoms with Crippen LogP contribution >= 0.6 is 15.9 Å². The summed E-state index contributed by atoms with van der Waals surface area (Å²) in [6.07, 6.45) is 0. The minimum Gasteiger partial charge on any atom is -0.446 e. The molecule has 0 radical (unpaired) electrons. The number of carbonyl (C=O) groups excluding carboxylic acids is 1. The van der Waals surface area contributed by atoms with Gasteiger partial charge in [-0.2, -0.15) is 8.78 Å². The van der Waals surface area contributed by atoms with Crippen LogP contribution < -0.4 is 4.74 Å². The topological polar surface area (TPSA) is 39.4 Å². The Kier molecular flexibility index (Phi) is 3.76. The second kappa shape index (κ2) is 5.30. The quantitative estimate of drug-likeness (QED) is 0.804. The molecule has 1 aromatic carbocycles. The summed E-state index contributed by atoms with van der Waals surface area (Å²) in [6, 6.07) is 8.53. The Hall–Kier alpha value is -1.69. The summed E-state index contributed by atoms with van der Waals surface area (Å²) in [5.74, 6) is -0.157. The fraction of sp³-hybridized carbons (Fsp3) is 0.0833. The van der Waals surface area contributed by atoms with Gasteiger partial charge in [0, 0.05) is 5.56 Å². The summed E-state index contributed by atoms with van der Waals surface area (Å²) in [5.41, 5.74) is 0.332. The smallest absolute Gasteiger partial charge is 0.387 e. The molecule has 1 heterocycles. The second-order valence-corrected chi connectivity index (χ2v) is 4.12. The van der Waals surface area contributed by atoms with Crippen LogP contribution in [0.25, 0.3) is 0 Å². The van der Waals surface area contributed by atoms with Crippen LogP contribution in [0, 0.1) is 0 Å². The fourth-order valence-corrected chi connectivity index (χ4v) is 1.67. The van der Waals surface area contributed by atoms with Crippen molar-refractivity contribution in [2.45, 2.75) is 6.61 Å². The van der Waals surface area contributed by atoms with Crippen molar-refractivity contribution in [3.05, 3.63) is 52.4 Å². The van der Waals surface area contributed by atoms with E-state index in [0.29, 0.717) is 10.2 Å². The van der Waals surface area contributed by atoms with Gasteiger partial charge in [0.15, 0.2) is 10.4 Å². The first-order valence-electron chi connectivity index (χ1n) is 4.91. The van der Waals surface area contributed by atoms with Crippen molar-refractivity contribution in [3.8, 4) is 5.75 Å². The van der Waals surface area contributed by atoms with Crippen molar-refractivity contribution in [1.82, 2.24) is 0 Å². The van der Waals surface area contributed by atoms with E-state index in [1.807, 2.05) is 0 Å². The van der Waals surface area contributed by atoms with E-state index in [-0.39, 0.29) is 17.3 Å². The van der Waals surface area contributed by atoms with Crippen molar-refractivity contribution < 1.29 is 22.7 Å². The zero-order valence-electron chi connectivity index (χ0n) is 8.90. The standard InChI is InChI=1S/C12H7BrF2O3/c13-10-6-5-9(18-10)11(16)7-1-3-8(4-2-7)17-12(14)15/h1-6,12H. The van der Waals surface area contributed by atoms with E-state index < -0.39 is 6.61 Å². The molecule has 0 saturated heterocycles. The first kappa shape index (κ1) is 12.8. The number of benzene rings is 1. The molecule has 0 unspecified atom stereocenters. The van der Waals surface area contributed by atoms with Crippen LogP contribution in [0.1, 0.15) is 16.1 Å². The number of ketones is 1. The fourth-order valence-electron chi connectivity index (χ4n) is 1.37. The molecule has 0 spiro atoms. The number of rotatable bonds is 4. The van der Waals surface area contributed by atoms with E-state index in [1.54, 1.807) is 6.07 Å². The number of hydrogen-bond donors (Lipinski definition) is 0. The predicted molar refractivity (Wildman–Crippen MR) is 62.9 cm³/mol. The van der Waals surface area contributed by atoms with E-state index in [4.69, 9.17) is 4.42 Å². The van der Waals surface area contributed by atoms with Crippen molar-refractivity contribution in [3.63, 3.8) is 0 Å². The van der Waals surface area contributed by atoms with Gasteiger partial charge in [-0.25, -0.2) is 0 Å². The molecule has 3 nitrogen and oxygen atoms in total. The van der Waals surface area contributed by atoms with E-state index in [0.717, 1.165) is 0 Å². The highest BCUT2D eigenvalue weighted by Gasteiger charge is 2.13. The molecule has 0 atom stereocenters. The Morgan fingerprint density at radius 1 is 1.17 bits per heavy atom. The van der Waals surface area contributed by atoms with Gasteiger partial charge in [0.05, 0.1) is 0 Å². The molecule has 1 aromatic heterocycles. The van der Waals surface area contributed by atoms with Crippen molar-refractivity contribution in [2.24, 2.45) is 0 Å². The highest BCUT2D eigenvalue weighted by atomic mass is 79.9. The SMILES string of the molecule is O=C(c1ccc(OC(F)F)cc1)c1ccc(Br)o1. The minimum atomic E-state index is -2.88. The molecule has 2 rings (SSSR count). The van der Waals surface area contributed by atoms with Crippen LogP contribution in [0.15, 0.2) is 45.5 Å². The van der Waals surface area contributed by atoms with Crippen LogP contribution in [0.4, 0.5) is 8.78 Å². The molecule has 0 N–H and O–H groups in total. The van der Waals surface area contributed by atoms with Gasteiger partial charge >= 0.3 is 6.61 Å². The normalized spacial score (nSPS) is 10.7. The third kappa shape index (κ3) is 2.95. The third-order valence-electron chi connectivity index (χ3n) is 2.14. The van der Waals surface area contributed by atoms with E-state index in [9.17, 15) is 13.6 Å². The lowest BCUT2D eigenvalue weighted by molar-refractivity contribution is -0.0498. The Balaban J connectivity index is 2.17. The van der Waals surface area contributed by atoms with Gasteiger partial charge in [0.1, 0.15) is 5.75 Å². The summed E-state index contributed by atoms with van der Waals surface area (Å²) < 4.78 is 33.6. The van der Waals surface area contributed by atoms with Gasteiger partial charge < -0.3 is 9.15 Å². The molecule has 0 saturated carbocycles. The summed E-state index contributed by atoms with van der Waals surface area (Å²) in [7, 11) is 0. The van der Waals surface area contributed by atoms with Crippen LogP contribution in [0.3, 0.4) is 0 Å². The number of carbonyl (C=O) groups is 1. The van der Waals surface area contributed by atoms with Gasteiger partial charge in [-0.15, -0.1) is 0 Å². The molecule has 0 aliphatic heterocycles. The second-order valence-electron chi connectivity index (χ2n) is 3.34. The van der Waals surface area contributed by atoms with E-state index in [2.05, 4.69) is 20.7 Å². The lowest BCUT2D eigenvalue weighted by atomic mass is 10.1. The molecule has 94 valence electrons. The van der Waals surface area contributed by atoms with Gasteiger partial charge in [0.2, 0.25) is 5.78 Å². The molecule has 0 amide bonds. The van der Waals surface area contributed by atoms with E-state index >= 15 is 0 Å². The Bertz CT molecular complexity index is 549. The van der Waals surface area contributed by atoms with Gasteiger partial charge in [-0.3, -0.25) is 4.79 Å². The van der Waals surface area contributed by atoms with Crippen LogP contribution in [-0.4, -0.2) is 12.4 Å². The monoisotopic (exact) mass is 316 g/mol. The molecular formula is C12H7BrF2O3. The third-order valence-corrected chi connectivity index (χ3v) is 2.56. The average molecular weight is 317 g/mol. The summed E-state index contributed by atoms with van der Waals surface area (Å²) in [4.78, 5) is 11.9. The molecule has 6 heteroatoms. The first-order valence-corrected chi connectivity index (χ1v) is 5.70.